The number of morpholine rings is 1. The van der Waals surface area contributed by atoms with E-state index < -0.39 is 0 Å². The summed E-state index contributed by atoms with van der Waals surface area (Å²) in [6, 6.07) is 6.63. The quantitative estimate of drug-likeness (QED) is 0.833. The number of carbonyl (C=O) groups excluding carboxylic acids is 1. The molecule has 1 unspecified atom stereocenters. The van der Waals surface area contributed by atoms with Gasteiger partial charge in [-0.05, 0) is 37.1 Å². The van der Waals surface area contributed by atoms with Crippen molar-refractivity contribution in [2.75, 3.05) is 52.6 Å². The fraction of sp³-hybridized carbons (Fsp3) is 0.632. The Labute approximate surface area is 148 Å². The Kier molecular flexibility index (Phi) is 5.08. The van der Waals surface area contributed by atoms with Gasteiger partial charge in [-0.25, -0.2) is 0 Å². The van der Waals surface area contributed by atoms with Crippen LogP contribution in [0.2, 0.25) is 0 Å². The van der Waals surface area contributed by atoms with Crippen LogP contribution in [0.25, 0.3) is 0 Å². The van der Waals surface area contributed by atoms with Crippen LogP contribution < -0.4 is 9.47 Å². The van der Waals surface area contributed by atoms with Crippen molar-refractivity contribution < 1.29 is 19.0 Å². The maximum Gasteiger partial charge on any atom is 0.224 e. The van der Waals surface area contributed by atoms with Gasteiger partial charge < -0.3 is 19.1 Å². The van der Waals surface area contributed by atoms with Gasteiger partial charge in [0.15, 0.2) is 11.5 Å². The van der Waals surface area contributed by atoms with Crippen molar-refractivity contribution in [2.45, 2.75) is 25.3 Å². The number of ether oxygens (including phenoxy) is 3. The van der Waals surface area contributed by atoms with Crippen LogP contribution in [0.5, 0.6) is 11.5 Å². The number of benzene rings is 1. The van der Waals surface area contributed by atoms with Gasteiger partial charge in [0.2, 0.25) is 5.91 Å². The highest BCUT2D eigenvalue weighted by atomic mass is 16.6. The second-order valence-corrected chi connectivity index (χ2v) is 6.84. The lowest BCUT2D eigenvalue weighted by Crippen LogP contribution is -2.42. The Bertz CT molecular complexity index is 615. The minimum Gasteiger partial charge on any atom is -0.486 e. The Hall–Kier alpha value is -1.79. The highest BCUT2D eigenvalue weighted by Crippen LogP contribution is 2.38. The molecule has 3 aliphatic rings. The lowest BCUT2D eigenvalue weighted by Gasteiger charge is -2.29. The maximum absolute atomic E-state index is 12.4. The number of likely N-dealkylation sites (tertiary alicyclic amines) is 1. The van der Waals surface area contributed by atoms with Crippen molar-refractivity contribution in [3.05, 3.63) is 23.8 Å². The predicted octanol–water partition coefficient (Wildman–Crippen LogP) is 1.84. The van der Waals surface area contributed by atoms with E-state index in [0.29, 0.717) is 38.9 Å². The number of rotatable bonds is 4. The van der Waals surface area contributed by atoms with E-state index in [4.69, 9.17) is 14.2 Å². The number of carbonyl (C=O) groups is 1. The largest absolute Gasteiger partial charge is 0.486 e. The topological polar surface area (TPSA) is 51.2 Å². The standard InChI is InChI=1S/C19H26N2O4/c22-19(21-8-10-23-11-9-21)5-7-20-6-1-2-16(20)15-3-4-17-18(14-15)25-13-12-24-17/h3-4,14,16H,1-2,5-13H2. The van der Waals surface area contributed by atoms with Gasteiger partial charge in [0.05, 0.1) is 13.2 Å². The molecule has 1 atom stereocenters. The normalized spacial score (nSPS) is 23.7. The Balaban J connectivity index is 1.38. The van der Waals surface area contributed by atoms with E-state index in [1.807, 2.05) is 11.0 Å². The van der Waals surface area contributed by atoms with Crippen LogP contribution in [0, 0.1) is 0 Å². The molecule has 3 aliphatic heterocycles. The van der Waals surface area contributed by atoms with E-state index >= 15 is 0 Å². The summed E-state index contributed by atoms with van der Waals surface area (Å²) in [6.07, 6.45) is 2.89. The molecule has 6 nitrogen and oxygen atoms in total. The minimum atomic E-state index is 0.246. The van der Waals surface area contributed by atoms with Crippen LogP contribution in [-0.2, 0) is 9.53 Å². The third kappa shape index (κ3) is 3.75. The number of hydrogen-bond acceptors (Lipinski definition) is 5. The van der Waals surface area contributed by atoms with Gasteiger partial charge in [0.25, 0.3) is 0 Å². The van der Waals surface area contributed by atoms with Crippen LogP contribution in [0.4, 0.5) is 0 Å². The monoisotopic (exact) mass is 346 g/mol. The number of nitrogens with zero attached hydrogens (tertiary/aromatic N) is 2. The van der Waals surface area contributed by atoms with Crippen molar-refractivity contribution in [1.29, 1.82) is 0 Å². The second kappa shape index (κ2) is 7.62. The smallest absolute Gasteiger partial charge is 0.224 e. The summed E-state index contributed by atoms with van der Waals surface area (Å²) in [4.78, 5) is 16.8. The SMILES string of the molecule is O=C(CCN1CCCC1c1ccc2c(c1)OCCO2)N1CCOCC1. The molecule has 136 valence electrons. The van der Waals surface area contributed by atoms with E-state index in [1.165, 1.54) is 12.0 Å². The zero-order chi connectivity index (χ0) is 17.1. The molecule has 4 rings (SSSR count). The average Bonchev–Trinajstić information content (AvgIpc) is 3.15. The molecule has 1 aromatic carbocycles. The molecular weight excluding hydrogens is 320 g/mol. The first-order valence-electron chi connectivity index (χ1n) is 9.30. The van der Waals surface area contributed by atoms with Gasteiger partial charge in [-0.3, -0.25) is 9.69 Å². The molecule has 1 amide bonds. The summed E-state index contributed by atoms with van der Waals surface area (Å²) in [6.45, 7) is 5.87. The Morgan fingerprint density at radius 3 is 2.68 bits per heavy atom. The predicted molar refractivity (Wildman–Crippen MR) is 93.0 cm³/mol. The molecule has 0 spiro atoms. The van der Waals surface area contributed by atoms with Gasteiger partial charge in [-0.2, -0.15) is 0 Å². The van der Waals surface area contributed by atoms with Crippen molar-refractivity contribution in [3.63, 3.8) is 0 Å². The second-order valence-electron chi connectivity index (χ2n) is 6.84. The van der Waals surface area contributed by atoms with Gasteiger partial charge in [0.1, 0.15) is 13.2 Å². The van der Waals surface area contributed by atoms with E-state index in [9.17, 15) is 4.79 Å². The van der Waals surface area contributed by atoms with Crippen LogP contribution >= 0.6 is 0 Å². The lowest BCUT2D eigenvalue weighted by atomic mass is 10.0. The Morgan fingerprint density at radius 1 is 1.04 bits per heavy atom. The van der Waals surface area contributed by atoms with Gasteiger partial charge in [-0.15, -0.1) is 0 Å². The molecule has 6 heteroatoms. The first-order chi connectivity index (χ1) is 12.3. The third-order valence-electron chi connectivity index (χ3n) is 5.29. The Morgan fingerprint density at radius 2 is 1.84 bits per heavy atom. The molecule has 2 saturated heterocycles. The number of amides is 1. The molecular formula is C19H26N2O4. The van der Waals surface area contributed by atoms with Gasteiger partial charge in [0, 0.05) is 32.1 Å². The van der Waals surface area contributed by atoms with E-state index in [1.54, 1.807) is 0 Å². The molecule has 25 heavy (non-hydrogen) atoms. The summed E-state index contributed by atoms with van der Waals surface area (Å²) < 4.78 is 16.7. The molecule has 0 saturated carbocycles. The molecule has 3 heterocycles. The highest BCUT2D eigenvalue weighted by Gasteiger charge is 2.28. The molecule has 0 radical (unpaired) electrons. The van der Waals surface area contributed by atoms with Crippen molar-refractivity contribution in [3.8, 4) is 11.5 Å². The first kappa shape index (κ1) is 16.7. The maximum atomic E-state index is 12.4. The summed E-state index contributed by atoms with van der Waals surface area (Å²) in [5.41, 5.74) is 1.26. The first-order valence-corrected chi connectivity index (χ1v) is 9.30. The molecule has 0 N–H and O–H groups in total. The highest BCUT2D eigenvalue weighted by molar-refractivity contribution is 5.76. The van der Waals surface area contributed by atoms with Crippen molar-refractivity contribution in [1.82, 2.24) is 9.80 Å². The molecule has 2 fully saturated rings. The lowest BCUT2D eigenvalue weighted by molar-refractivity contribution is -0.135. The summed E-state index contributed by atoms with van der Waals surface area (Å²) in [7, 11) is 0. The van der Waals surface area contributed by atoms with E-state index in [2.05, 4.69) is 17.0 Å². The van der Waals surface area contributed by atoms with Crippen LogP contribution in [-0.4, -0.2) is 68.3 Å². The van der Waals surface area contributed by atoms with E-state index in [-0.39, 0.29) is 5.91 Å². The fourth-order valence-electron chi connectivity index (χ4n) is 3.95. The van der Waals surface area contributed by atoms with E-state index in [0.717, 1.165) is 44.1 Å². The number of fused-ring (bicyclic) bond motifs is 1. The summed E-state index contributed by atoms with van der Waals surface area (Å²) >= 11 is 0. The van der Waals surface area contributed by atoms with Gasteiger partial charge >= 0.3 is 0 Å². The van der Waals surface area contributed by atoms with Crippen LogP contribution in [0.3, 0.4) is 0 Å². The molecule has 0 aliphatic carbocycles. The summed E-state index contributed by atoms with van der Waals surface area (Å²) in [5, 5.41) is 0. The van der Waals surface area contributed by atoms with Crippen molar-refractivity contribution >= 4 is 5.91 Å². The van der Waals surface area contributed by atoms with Gasteiger partial charge in [-0.1, -0.05) is 6.07 Å². The molecule has 0 bridgehead atoms. The fourth-order valence-corrected chi connectivity index (χ4v) is 3.95. The average molecular weight is 346 g/mol. The number of hydrogen-bond donors (Lipinski definition) is 0. The third-order valence-corrected chi connectivity index (χ3v) is 5.29. The minimum absolute atomic E-state index is 0.246. The zero-order valence-corrected chi connectivity index (χ0v) is 14.6. The molecule has 1 aromatic rings. The van der Waals surface area contributed by atoms with Crippen LogP contribution in [0.1, 0.15) is 30.9 Å². The van der Waals surface area contributed by atoms with Crippen molar-refractivity contribution in [2.24, 2.45) is 0 Å². The zero-order valence-electron chi connectivity index (χ0n) is 14.6. The molecule has 0 aromatic heterocycles. The summed E-state index contributed by atoms with van der Waals surface area (Å²) in [5.74, 6) is 1.93. The van der Waals surface area contributed by atoms with Crippen LogP contribution in [0.15, 0.2) is 18.2 Å².